The molecule has 0 aliphatic carbocycles. The first kappa shape index (κ1) is 25.6. The number of nitrogens with one attached hydrogen (secondary N) is 2. The maximum Gasteiger partial charge on any atom is 0.250 e. The Hall–Kier alpha value is -3.45. The summed E-state index contributed by atoms with van der Waals surface area (Å²) in [6.45, 7) is 7.05. The topological polar surface area (TPSA) is 101 Å². The lowest BCUT2D eigenvalue weighted by Gasteiger charge is -2.28. The van der Waals surface area contributed by atoms with E-state index in [2.05, 4.69) is 28.8 Å². The zero-order chi connectivity index (χ0) is 25.7. The molecule has 0 atom stereocenters. The molecule has 2 aromatic carbocycles. The number of hydrogen-bond acceptors (Lipinski definition) is 7. The van der Waals surface area contributed by atoms with Crippen LogP contribution in [-0.2, 0) is 29.1 Å². The van der Waals surface area contributed by atoms with Gasteiger partial charge in [-0.15, -0.1) is 0 Å². The smallest absolute Gasteiger partial charge is 0.250 e. The Morgan fingerprint density at radius 2 is 1.81 bits per heavy atom. The summed E-state index contributed by atoms with van der Waals surface area (Å²) >= 11 is 0. The summed E-state index contributed by atoms with van der Waals surface area (Å²) in [6, 6.07) is 14.2. The molecule has 9 heteroatoms. The number of carbonyl (C=O) groups excluding carboxylic acids is 2. The fourth-order valence-corrected chi connectivity index (χ4v) is 4.57. The first-order valence-electron chi connectivity index (χ1n) is 12.4. The van der Waals surface area contributed by atoms with Crippen LogP contribution < -0.4 is 20.3 Å². The lowest BCUT2D eigenvalue weighted by Crippen LogP contribution is -2.47. The lowest BCUT2D eigenvalue weighted by molar-refractivity contribution is -0.145. The van der Waals surface area contributed by atoms with E-state index in [9.17, 15) is 14.9 Å². The summed E-state index contributed by atoms with van der Waals surface area (Å²) in [7, 11) is 1.76. The Morgan fingerprint density at radius 1 is 1.11 bits per heavy atom. The second kappa shape index (κ2) is 11.5. The Balaban J connectivity index is 1.39. The van der Waals surface area contributed by atoms with E-state index in [0.29, 0.717) is 56.2 Å². The number of fused-ring (bicyclic) bond motifs is 2. The van der Waals surface area contributed by atoms with Gasteiger partial charge in [-0.2, -0.15) is 5.26 Å². The van der Waals surface area contributed by atoms with Crippen molar-refractivity contribution in [1.82, 2.24) is 20.7 Å². The van der Waals surface area contributed by atoms with Crippen LogP contribution in [-0.4, -0.2) is 67.7 Å². The molecule has 0 saturated carbocycles. The van der Waals surface area contributed by atoms with Crippen molar-refractivity contribution in [2.75, 3.05) is 44.7 Å². The first-order chi connectivity index (χ1) is 17.4. The molecule has 0 spiro atoms. The fourth-order valence-electron chi connectivity index (χ4n) is 4.57. The van der Waals surface area contributed by atoms with Crippen molar-refractivity contribution in [3.63, 3.8) is 0 Å². The van der Waals surface area contributed by atoms with Crippen molar-refractivity contribution < 1.29 is 14.3 Å². The van der Waals surface area contributed by atoms with Gasteiger partial charge >= 0.3 is 0 Å². The van der Waals surface area contributed by atoms with E-state index < -0.39 is 0 Å². The molecule has 2 N–H and O–H groups in total. The van der Waals surface area contributed by atoms with Crippen LogP contribution in [0.1, 0.15) is 36.1 Å². The van der Waals surface area contributed by atoms with Gasteiger partial charge in [0, 0.05) is 51.3 Å². The molecule has 0 saturated heterocycles. The normalized spacial score (nSPS) is 14.2. The number of hydrogen-bond donors (Lipinski definition) is 2. The molecule has 4 rings (SSSR count). The minimum Gasteiger partial charge on any atom is -0.491 e. The highest BCUT2D eigenvalue weighted by Crippen LogP contribution is 2.37. The molecule has 2 amide bonds. The van der Waals surface area contributed by atoms with E-state index in [-0.39, 0.29) is 30.9 Å². The molecule has 2 aliphatic heterocycles. The lowest BCUT2D eigenvalue weighted by atomic mass is 10.1. The second-order valence-corrected chi connectivity index (χ2v) is 9.46. The number of carbonyl (C=O) groups is 2. The molecule has 0 fully saturated rings. The van der Waals surface area contributed by atoms with E-state index in [4.69, 9.17) is 4.74 Å². The summed E-state index contributed by atoms with van der Waals surface area (Å²) in [5, 5.41) is 19.5. The Morgan fingerprint density at radius 3 is 2.47 bits per heavy atom. The summed E-state index contributed by atoms with van der Waals surface area (Å²) in [5.74, 6) is 0.369. The highest BCUT2D eigenvalue weighted by molar-refractivity contribution is 5.97. The average Bonchev–Trinajstić information content (AvgIpc) is 3.52. The predicted molar refractivity (Wildman–Crippen MR) is 137 cm³/mol. The maximum absolute atomic E-state index is 13.3. The van der Waals surface area contributed by atoms with Gasteiger partial charge in [0.05, 0.1) is 37.0 Å². The molecule has 2 heterocycles. The van der Waals surface area contributed by atoms with Gasteiger partial charge in [0.25, 0.3) is 5.91 Å². The van der Waals surface area contributed by atoms with Crippen LogP contribution in [0.2, 0.25) is 0 Å². The van der Waals surface area contributed by atoms with Crippen LogP contribution in [0.4, 0.5) is 5.69 Å². The van der Waals surface area contributed by atoms with Crippen molar-refractivity contribution in [2.24, 2.45) is 0 Å². The molecular formula is C27H34N6O3. The van der Waals surface area contributed by atoms with Crippen LogP contribution in [0.5, 0.6) is 5.75 Å². The maximum atomic E-state index is 13.3. The van der Waals surface area contributed by atoms with Crippen molar-refractivity contribution >= 4 is 17.5 Å². The Labute approximate surface area is 212 Å². The van der Waals surface area contributed by atoms with Crippen molar-refractivity contribution in [3.05, 3.63) is 58.7 Å². The summed E-state index contributed by atoms with van der Waals surface area (Å²) in [5.41, 5.74) is 4.49. The third-order valence-corrected chi connectivity index (χ3v) is 6.53. The van der Waals surface area contributed by atoms with E-state index in [1.807, 2.05) is 37.1 Å². The molecule has 0 radical (unpaired) electrons. The number of nitrogens with zero attached hydrogens (tertiary/aromatic N) is 4. The number of amides is 2. The van der Waals surface area contributed by atoms with Crippen LogP contribution in [0.25, 0.3) is 0 Å². The molecule has 0 aromatic heterocycles. The predicted octanol–water partition coefficient (Wildman–Crippen LogP) is 1.80. The molecule has 0 bridgehead atoms. The van der Waals surface area contributed by atoms with Crippen molar-refractivity contribution in [1.29, 1.82) is 5.26 Å². The van der Waals surface area contributed by atoms with Gasteiger partial charge in [0.1, 0.15) is 5.75 Å². The highest BCUT2D eigenvalue weighted by atomic mass is 16.5. The van der Waals surface area contributed by atoms with Crippen LogP contribution >= 0.6 is 0 Å². The van der Waals surface area contributed by atoms with Gasteiger partial charge in [0.2, 0.25) is 5.91 Å². The molecule has 190 valence electrons. The van der Waals surface area contributed by atoms with Gasteiger partial charge in [0.15, 0.2) is 0 Å². The minimum atomic E-state index is -0.183. The Kier molecular flexibility index (Phi) is 8.21. The van der Waals surface area contributed by atoms with Gasteiger partial charge in [-0.25, -0.2) is 5.01 Å². The summed E-state index contributed by atoms with van der Waals surface area (Å²) in [6.07, 6.45) is 0.712. The zero-order valence-electron chi connectivity index (χ0n) is 21.2. The fraction of sp³-hybridized carbons (Fsp3) is 0.444. The van der Waals surface area contributed by atoms with Crippen LogP contribution in [0, 0.1) is 11.3 Å². The number of nitriles is 1. The quantitative estimate of drug-likeness (QED) is 0.524. The number of ether oxygens (including phenoxy) is 1. The monoisotopic (exact) mass is 490 g/mol. The van der Waals surface area contributed by atoms with Crippen LogP contribution in [0.15, 0.2) is 36.4 Å². The van der Waals surface area contributed by atoms with Crippen molar-refractivity contribution in [3.8, 4) is 11.8 Å². The third kappa shape index (κ3) is 5.85. The number of hydrazine groups is 1. The van der Waals surface area contributed by atoms with E-state index in [1.54, 1.807) is 23.0 Å². The number of anilines is 1. The second-order valence-electron chi connectivity index (χ2n) is 9.46. The molecule has 2 aliphatic rings. The summed E-state index contributed by atoms with van der Waals surface area (Å²) in [4.78, 5) is 27.8. The average molecular weight is 491 g/mol. The number of benzene rings is 2. The largest absolute Gasteiger partial charge is 0.491 e. The molecule has 0 unspecified atom stereocenters. The Bertz CT molecular complexity index is 1130. The van der Waals surface area contributed by atoms with E-state index >= 15 is 0 Å². The van der Waals surface area contributed by atoms with Crippen LogP contribution in [0.3, 0.4) is 0 Å². The standard InChI is InChI=1S/C27H34N6O3/c1-19(2)30-9-10-33(24-13-20(14-28)12-21-8-11-36-27(21)24)26(35)16-29-15-25(34)31(3)32-17-22-6-4-5-7-23(22)18-32/h4-7,12-13,19,29-30H,8-11,15-18H2,1-3H3. The van der Waals surface area contributed by atoms with Gasteiger partial charge in [-0.1, -0.05) is 38.1 Å². The highest BCUT2D eigenvalue weighted by Gasteiger charge is 2.27. The minimum absolute atomic E-state index is 0.00691. The molecular weight excluding hydrogens is 456 g/mol. The van der Waals surface area contributed by atoms with E-state index in [0.717, 1.165) is 5.56 Å². The SMILES string of the molecule is CC(C)NCCN(C(=O)CNCC(=O)N(C)N1Cc2ccccc2C1)c1cc(C#N)cc2c1OCC2. The molecule has 36 heavy (non-hydrogen) atoms. The van der Waals surface area contributed by atoms with Gasteiger partial charge in [-0.05, 0) is 23.3 Å². The molecule has 2 aromatic rings. The van der Waals surface area contributed by atoms with E-state index in [1.165, 1.54) is 11.1 Å². The van der Waals surface area contributed by atoms with Gasteiger partial charge < -0.3 is 15.0 Å². The number of rotatable bonds is 10. The third-order valence-electron chi connectivity index (χ3n) is 6.53. The number of likely N-dealkylation sites (N-methyl/N-ethyl adjacent to an activating group) is 1. The van der Waals surface area contributed by atoms with Crippen molar-refractivity contribution in [2.45, 2.75) is 39.4 Å². The zero-order valence-corrected chi connectivity index (χ0v) is 21.2. The molecule has 9 nitrogen and oxygen atoms in total. The summed E-state index contributed by atoms with van der Waals surface area (Å²) < 4.78 is 5.84. The van der Waals surface area contributed by atoms with Gasteiger partial charge in [-0.3, -0.25) is 19.9 Å². The first-order valence-corrected chi connectivity index (χ1v) is 12.4.